The number of H-pyrrole nitrogens is 1. The number of carbonyl (C=O) groups is 2. The largest absolute Gasteiger partial charge is 0.358 e. The van der Waals surface area contributed by atoms with Crippen LogP contribution in [0.5, 0.6) is 0 Å². The predicted octanol–water partition coefficient (Wildman–Crippen LogP) is -1.38. The van der Waals surface area contributed by atoms with Crippen molar-refractivity contribution in [2.24, 2.45) is 0 Å². The molecule has 0 aromatic carbocycles. The first-order valence-corrected chi connectivity index (χ1v) is 3.97. The normalized spacial score (nSPS) is 9.57. The van der Waals surface area contributed by atoms with E-state index in [1.807, 2.05) is 0 Å². The van der Waals surface area contributed by atoms with Gasteiger partial charge in [-0.05, 0) is 0 Å². The zero-order valence-corrected chi connectivity index (χ0v) is 7.94. The summed E-state index contributed by atoms with van der Waals surface area (Å²) >= 11 is 0. The van der Waals surface area contributed by atoms with Crippen LogP contribution in [0.1, 0.15) is 10.5 Å². The molecule has 1 aromatic heterocycles. The van der Waals surface area contributed by atoms with Gasteiger partial charge in [-0.1, -0.05) is 0 Å². The molecule has 0 aliphatic rings. The molecule has 1 heterocycles. The quantitative estimate of drug-likeness (QED) is 0.625. The minimum atomic E-state index is -0.345. The minimum Gasteiger partial charge on any atom is -0.358 e. The van der Waals surface area contributed by atoms with Gasteiger partial charge in [-0.15, -0.1) is 0 Å². The van der Waals surface area contributed by atoms with Crippen LogP contribution in [0.15, 0.2) is 6.20 Å². The Balaban J connectivity index is 2.58. The first-order chi connectivity index (χ1) is 6.65. The van der Waals surface area contributed by atoms with E-state index in [0.717, 1.165) is 0 Å². The third-order valence-corrected chi connectivity index (χ3v) is 1.64. The number of nitrogens with one attached hydrogen (secondary N) is 2. The molecule has 0 saturated heterocycles. The van der Waals surface area contributed by atoms with Crippen molar-refractivity contribution < 1.29 is 9.59 Å². The van der Waals surface area contributed by atoms with Gasteiger partial charge in [0.1, 0.15) is 0 Å². The second kappa shape index (κ2) is 4.35. The van der Waals surface area contributed by atoms with Gasteiger partial charge >= 0.3 is 0 Å². The lowest BCUT2D eigenvalue weighted by atomic mass is 10.4. The Labute approximate surface area is 80.5 Å². The molecular weight excluding hydrogens is 186 g/mol. The van der Waals surface area contributed by atoms with Crippen molar-refractivity contribution in [2.45, 2.75) is 0 Å². The Morgan fingerprint density at radius 1 is 1.64 bits per heavy atom. The van der Waals surface area contributed by atoms with Crippen LogP contribution in [0.2, 0.25) is 0 Å². The van der Waals surface area contributed by atoms with Crippen LogP contribution in [0, 0.1) is 0 Å². The molecule has 7 nitrogen and oxygen atoms in total. The Kier molecular flexibility index (Phi) is 3.16. The molecule has 1 aromatic rings. The number of hydrogen-bond donors (Lipinski definition) is 2. The topological polar surface area (TPSA) is 91.0 Å². The van der Waals surface area contributed by atoms with Crippen molar-refractivity contribution >= 4 is 11.8 Å². The van der Waals surface area contributed by atoms with Gasteiger partial charge in [-0.2, -0.15) is 15.4 Å². The number of hydrogen-bond acceptors (Lipinski definition) is 4. The summed E-state index contributed by atoms with van der Waals surface area (Å²) in [6.45, 7) is 0.00218. The molecule has 1 rings (SSSR count). The van der Waals surface area contributed by atoms with E-state index in [4.69, 9.17) is 0 Å². The summed E-state index contributed by atoms with van der Waals surface area (Å²) in [5.74, 6) is -0.577. The second-order valence-corrected chi connectivity index (χ2v) is 2.69. The molecule has 0 unspecified atom stereocenters. The maximum absolute atomic E-state index is 11.5. The highest BCUT2D eigenvalue weighted by Gasteiger charge is 2.15. The van der Waals surface area contributed by atoms with Crippen molar-refractivity contribution in [1.82, 2.24) is 25.6 Å². The maximum Gasteiger partial charge on any atom is 0.276 e. The molecule has 2 amide bonds. The Hall–Kier alpha value is -1.92. The molecule has 0 atom stereocenters. The van der Waals surface area contributed by atoms with E-state index in [1.165, 1.54) is 25.2 Å². The van der Waals surface area contributed by atoms with Crippen molar-refractivity contribution in [3.8, 4) is 0 Å². The fourth-order valence-electron chi connectivity index (χ4n) is 0.866. The van der Waals surface area contributed by atoms with E-state index in [0.29, 0.717) is 0 Å². The van der Waals surface area contributed by atoms with Crippen LogP contribution < -0.4 is 5.32 Å². The molecule has 7 heteroatoms. The summed E-state index contributed by atoms with van der Waals surface area (Å²) in [6.07, 6.45) is 1.31. The molecule has 0 saturated carbocycles. The number of nitrogens with zero attached hydrogens (tertiary/aromatic N) is 3. The number of carbonyl (C=O) groups excluding carboxylic acids is 2. The lowest BCUT2D eigenvalue weighted by molar-refractivity contribution is -0.121. The van der Waals surface area contributed by atoms with Gasteiger partial charge < -0.3 is 10.2 Å². The van der Waals surface area contributed by atoms with Crippen LogP contribution >= 0.6 is 0 Å². The van der Waals surface area contributed by atoms with E-state index in [2.05, 4.69) is 20.7 Å². The fourth-order valence-corrected chi connectivity index (χ4v) is 0.866. The molecule has 14 heavy (non-hydrogen) atoms. The number of amides is 2. The van der Waals surface area contributed by atoms with Crippen molar-refractivity contribution in [2.75, 3.05) is 20.6 Å². The van der Waals surface area contributed by atoms with Gasteiger partial charge in [0.05, 0.1) is 12.7 Å². The van der Waals surface area contributed by atoms with Crippen molar-refractivity contribution in [1.29, 1.82) is 0 Å². The predicted molar refractivity (Wildman–Crippen MR) is 47.4 cm³/mol. The van der Waals surface area contributed by atoms with Crippen LogP contribution in [0.3, 0.4) is 0 Å². The summed E-state index contributed by atoms with van der Waals surface area (Å²) in [7, 11) is 3.03. The monoisotopic (exact) mass is 197 g/mol. The summed E-state index contributed by atoms with van der Waals surface area (Å²) in [4.78, 5) is 23.7. The van der Waals surface area contributed by atoms with Crippen molar-refractivity contribution in [3.05, 3.63) is 11.9 Å². The average molecular weight is 197 g/mol. The van der Waals surface area contributed by atoms with E-state index >= 15 is 0 Å². The van der Waals surface area contributed by atoms with Crippen LogP contribution in [0.4, 0.5) is 0 Å². The number of aromatic nitrogens is 3. The SMILES string of the molecule is CNC(=O)CN(C)C(=O)c1cn[nH]n1. The molecule has 0 radical (unpaired) electrons. The molecule has 76 valence electrons. The van der Waals surface area contributed by atoms with Gasteiger partial charge in [-0.25, -0.2) is 0 Å². The number of likely N-dealkylation sites (N-methyl/N-ethyl adjacent to an activating group) is 2. The minimum absolute atomic E-state index is 0.00218. The number of rotatable bonds is 3. The summed E-state index contributed by atoms with van der Waals surface area (Å²) < 4.78 is 0. The lowest BCUT2D eigenvalue weighted by Gasteiger charge is -2.13. The highest BCUT2D eigenvalue weighted by atomic mass is 16.2. The second-order valence-electron chi connectivity index (χ2n) is 2.69. The van der Waals surface area contributed by atoms with Crippen LogP contribution in [0.25, 0.3) is 0 Å². The lowest BCUT2D eigenvalue weighted by Crippen LogP contribution is -2.37. The first kappa shape index (κ1) is 10.2. The van der Waals surface area contributed by atoms with Gasteiger partial charge in [0.25, 0.3) is 5.91 Å². The van der Waals surface area contributed by atoms with Crippen LogP contribution in [-0.4, -0.2) is 52.8 Å². The third-order valence-electron chi connectivity index (χ3n) is 1.64. The van der Waals surface area contributed by atoms with Gasteiger partial charge in [-0.3, -0.25) is 9.59 Å². The zero-order chi connectivity index (χ0) is 10.6. The number of aromatic amines is 1. The molecule has 0 fully saturated rings. The average Bonchev–Trinajstić information content (AvgIpc) is 2.69. The summed E-state index contributed by atoms with van der Waals surface area (Å²) in [6, 6.07) is 0. The van der Waals surface area contributed by atoms with Gasteiger partial charge in [0.15, 0.2) is 5.69 Å². The standard InChI is InChI=1S/C7H11N5O2/c1-8-6(13)4-12(2)7(14)5-3-9-11-10-5/h3H,4H2,1-2H3,(H,8,13)(H,9,10,11). The van der Waals surface area contributed by atoms with Crippen molar-refractivity contribution in [3.63, 3.8) is 0 Å². The van der Waals surface area contributed by atoms with E-state index in [1.54, 1.807) is 0 Å². The maximum atomic E-state index is 11.5. The molecule has 0 aliphatic heterocycles. The molecule has 0 bridgehead atoms. The van der Waals surface area contributed by atoms with E-state index < -0.39 is 0 Å². The van der Waals surface area contributed by atoms with Crippen LogP contribution in [-0.2, 0) is 4.79 Å². The van der Waals surface area contributed by atoms with Gasteiger partial charge in [0, 0.05) is 14.1 Å². The van der Waals surface area contributed by atoms with E-state index in [9.17, 15) is 9.59 Å². The Morgan fingerprint density at radius 3 is 2.86 bits per heavy atom. The zero-order valence-electron chi connectivity index (χ0n) is 7.94. The highest BCUT2D eigenvalue weighted by molar-refractivity contribution is 5.94. The van der Waals surface area contributed by atoms with Gasteiger partial charge in [0.2, 0.25) is 5.91 Å². The fraction of sp³-hybridized carbons (Fsp3) is 0.429. The van der Waals surface area contributed by atoms with E-state index in [-0.39, 0.29) is 24.1 Å². The first-order valence-electron chi connectivity index (χ1n) is 3.97. The highest BCUT2D eigenvalue weighted by Crippen LogP contribution is 1.95. The molecular formula is C7H11N5O2. The smallest absolute Gasteiger partial charge is 0.276 e. The Morgan fingerprint density at radius 2 is 2.36 bits per heavy atom. The third kappa shape index (κ3) is 2.28. The summed E-state index contributed by atoms with van der Waals surface area (Å²) in [5, 5.41) is 11.9. The molecule has 2 N–H and O–H groups in total. The Bertz CT molecular complexity index is 321. The summed E-state index contributed by atoms with van der Waals surface area (Å²) in [5.41, 5.74) is 0.191. The molecule has 0 aliphatic carbocycles. The molecule has 0 spiro atoms.